The van der Waals surface area contributed by atoms with Crippen molar-refractivity contribution in [3.63, 3.8) is 0 Å². The van der Waals surface area contributed by atoms with E-state index < -0.39 is 0 Å². The Morgan fingerprint density at radius 2 is 2.05 bits per heavy atom. The Bertz CT molecular complexity index is 899. The second-order valence-corrected chi connectivity index (χ2v) is 5.73. The topological polar surface area (TPSA) is 58.5 Å². The van der Waals surface area contributed by atoms with E-state index in [1.165, 1.54) is 12.8 Å². The van der Waals surface area contributed by atoms with Gasteiger partial charge in [-0.3, -0.25) is 4.98 Å². The minimum absolute atomic E-state index is 0.0242. The molecule has 2 heterocycles. The molecular weight excluding hydrogens is 278 g/mol. The molecular formula is C17H16N3O2+. The fraction of sp³-hybridized carbons (Fsp3) is 0.235. The Balaban J connectivity index is 2.06. The van der Waals surface area contributed by atoms with Gasteiger partial charge in [0, 0.05) is 0 Å². The van der Waals surface area contributed by atoms with E-state index in [-0.39, 0.29) is 11.4 Å². The molecule has 0 unspecified atom stereocenters. The van der Waals surface area contributed by atoms with Crippen molar-refractivity contribution in [1.29, 1.82) is 0 Å². The van der Waals surface area contributed by atoms with Crippen molar-refractivity contribution in [2.75, 3.05) is 0 Å². The van der Waals surface area contributed by atoms with Gasteiger partial charge < -0.3 is 5.11 Å². The van der Waals surface area contributed by atoms with Crippen molar-refractivity contribution in [3.8, 4) is 17.0 Å². The Kier molecular flexibility index (Phi) is 2.92. The van der Waals surface area contributed by atoms with Crippen LogP contribution in [-0.2, 0) is 6.54 Å². The van der Waals surface area contributed by atoms with Gasteiger partial charge in [0.25, 0.3) is 5.88 Å². The first-order chi connectivity index (χ1) is 10.8. The van der Waals surface area contributed by atoms with Crippen LogP contribution in [-0.4, -0.2) is 14.5 Å². The highest BCUT2D eigenvalue weighted by Crippen LogP contribution is 2.30. The number of aromatic hydroxyl groups is 1. The lowest BCUT2D eigenvalue weighted by Gasteiger charge is -2.09. The van der Waals surface area contributed by atoms with Crippen LogP contribution in [0.25, 0.3) is 16.8 Å². The standard InChI is InChI=1S/C17H15N3O2/c21-16-15(13-4-2-1-3-5-13)17(22)20(11-12-6-7-12)14-10-18-8-9-19(14)16/h1-5,8-10,12H,6-7,11H2/p+1. The van der Waals surface area contributed by atoms with Crippen molar-refractivity contribution >= 4 is 5.65 Å². The summed E-state index contributed by atoms with van der Waals surface area (Å²) in [5, 5.41) is 10.7. The number of hydrogen-bond acceptors (Lipinski definition) is 3. The third-order valence-electron chi connectivity index (χ3n) is 4.13. The number of fused-ring (bicyclic) bond motifs is 1. The number of aromatic nitrogens is 3. The summed E-state index contributed by atoms with van der Waals surface area (Å²) in [5.74, 6) is 0.595. The highest BCUT2D eigenvalue weighted by atomic mass is 16.3. The second kappa shape index (κ2) is 4.94. The first-order valence-electron chi connectivity index (χ1n) is 7.42. The summed E-state index contributed by atoms with van der Waals surface area (Å²) in [5.41, 5.74) is 1.45. The van der Waals surface area contributed by atoms with E-state index in [4.69, 9.17) is 0 Å². The van der Waals surface area contributed by atoms with Crippen LogP contribution in [0.15, 0.2) is 53.7 Å². The Morgan fingerprint density at radius 1 is 1.27 bits per heavy atom. The lowest BCUT2D eigenvalue weighted by Crippen LogP contribution is -2.41. The molecule has 0 atom stereocenters. The summed E-state index contributed by atoms with van der Waals surface area (Å²) in [6, 6.07) is 9.29. The van der Waals surface area contributed by atoms with Gasteiger partial charge in [0.2, 0.25) is 0 Å². The third-order valence-corrected chi connectivity index (χ3v) is 4.13. The molecule has 22 heavy (non-hydrogen) atoms. The molecule has 5 heteroatoms. The lowest BCUT2D eigenvalue weighted by molar-refractivity contribution is -0.683. The van der Waals surface area contributed by atoms with E-state index in [1.54, 1.807) is 27.6 Å². The van der Waals surface area contributed by atoms with Gasteiger partial charge in [0.15, 0.2) is 5.56 Å². The van der Waals surface area contributed by atoms with E-state index in [0.29, 0.717) is 23.7 Å². The minimum atomic E-state index is -0.229. The number of rotatable bonds is 3. The summed E-state index contributed by atoms with van der Waals surface area (Å²) < 4.78 is 3.35. The van der Waals surface area contributed by atoms with Gasteiger partial charge in [-0.15, -0.1) is 0 Å². The summed E-state index contributed by atoms with van der Waals surface area (Å²) in [6.07, 6.45) is 7.18. The maximum absolute atomic E-state index is 12.8. The van der Waals surface area contributed by atoms with Crippen molar-refractivity contribution in [1.82, 2.24) is 9.38 Å². The molecule has 1 aliphatic carbocycles. The van der Waals surface area contributed by atoms with Crippen molar-refractivity contribution in [2.45, 2.75) is 19.4 Å². The van der Waals surface area contributed by atoms with Crippen LogP contribution in [0.5, 0.6) is 5.88 Å². The van der Waals surface area contributed by atoms with Gasteiger partial charge in [-0.2, -0.15) is 8.97 Å². The Labute approximate surface area is 127 Å². The fourth-order valence-corrected chi connectivity index (χ4v) is 2.78. The summed E-state index contributed by atoms with van der Waals surface area (Å²) in [4.78, 5) is 16.9. The van der Waals surface area contributed by atoms with Crippen molar-refractivity contribution in [2.24, 2.45) is 5.92 Å². The molecule has 2 aromatic heterocycles. The zero-order valence-electron chi connectivity index (χ0n) is 12.0. The second-order valence-electron chi connectivity index (χ2n) is 5.73. The van der Waals surface area contributed by atoms with Gasteiger partial charge in [-0.1, -0.05) is 30.3 Å². The molecule has 0 spiro atoms. The van der Waals surface area contributed by atoms with Gasteiger partial charge in [0.05, 0.1) is 12.7 Å². The fourth-order valence-electron chi connectivity index (χ4n) is 2.78. The molecule has 1 N–H and O–H groups in total. The molecule has 0 saturated heterocycles. The monoisotopic (exact) mass is 294 g/mol. The number of nitrogens with zero attached hydrogens (tertiary/aromatic N) is 3. The van der Waals surface area contributed by atoms with E-state index >= 15 is 0 Å². The molecule has 0 radical (unpaired) electrons. The van der Waals surface area contributed by atoms with Gasteiger partial charge >= 0.3 is 11.2 Å². The maximum atomic E-state index is 12.8. The molecule has 3 aromatic rings. The smallest absolute Gasteiger partial charge is 0.354 e. The van der Waals surface area contributed by atoms with Gasteiger partial charge in [0.1, 0.15) is 12.4 Å². The lowest BCUT2D eigenvalue weighted by atomic mass is 10.1. The predicted octanol–water partition coefficient (Wildman–Crippen LogP) is 1.76. The summed E-state index contributed by atoms with van der Waals surface area (Å²) in [7, 11) is 0. The zero-order chi connectivity index (χ0) is 15.1. The van der Waals surface area contributed by atoms with Crippen LogP contribution in [0.4, 0.5) is 0 Å². The minimum Gasteiger partial charge on any atom is -0.477 e. The number of hydrogen-bond donors (Lipinski definition) is 1. The van der Waals surface area contributed by atoms with Crippen LogP contribution in [0, 0.1) is 5.92 Å². The average molecular weight is 294 g/mol. The molecule has 1 aliphatic rings. The molecule has 110 valence electrons. The van der Waals surface area contributed by atoms with E-state index in [0.717, 1.165) is 5.56 Å². The molecule has 1 fully saturated rings. The Morgan fingerprint density at radius 3 is 2.77 bits per heavy atom. The van der Waals surface area contributed by atoms with Crippen molar-refractivity contribution in [3.05, 3.63) is 59.3 Å². The summed E-state index contributed by atoms with van der Waals surface area (Å²) >= 11 is 0. The van der Waals surface area contributed by atoms with Crippen LogP contribution >= 0.6 is 0 Å². The van der Waals surface area contributed by atoms with Gasteiger partial charge in [-0.25, -0.2) is 4.79 Å². The molecule has 0 aliphatic heterocycles. The molecule has 0 bridgehead atoms. The number of benzene rings is 1. The van der Waals surface area contributed by atoms with E-state index in [2.05, 4.69) is 4.98 Å². The molecule has 1 saturated carbocycles. The molecule has 1 aromatic carbocycles. The Hall–Kier alpha value is -2.69. The van der Waals surface area contributed by atoms with Gasteiger partial charge in [-0.05, 0) is 24.3 Å². The van der Waals surface area contributed by atoms with Crippen LogP contribution in [0.1, 0.15) is 12.8 Å². The summed E-state index contributed by atoms with van der Waals surface area (Å²) in [6.45, 7) is 0.709. The molecule has 0 amide bonds. The average Bonchev–Trinajstić information content (AvgIpc) is 3.37. The third kappa shape index (κ3) is 2.06. The van der Waals surface area contributed by atoms with Crippen molar-refractivity contribution < 1.29 is 9.67 Å². The normalized spacial score (nSPS) is 14.4. The molecule has 4 rings (SSSR count). The SMILES string of the molecule is O=c1c(-c2ccccc2)c(O)[n+](CC2CC2)c2cnccn12. The first-order valence-corrected chi connectivity index (χ1v) is 7.42. The predicted molar refractivity (Wildman–Crippen MR) is 81.5 cm³/mol. The largest absolute Gasteiger partial charge is 0.477 e. The highest BCUT2D eigenvalue weighted by Gasteiger charge is 2.30. The van der Waals surface area contributed by atoms with Crippen LogP contribution < -0.4 is 10.1 Å². The highest BCUT2D eigenvalue weighted by molar-refractivity contribution is 5.66. The first kappa shape index (κ1) is 13.0. The van der Waals surface area contributed by atoms with Crippen LogP contribution in [0.2, 0.25) is 0 Å². The van der Waals surface area contributed by atoms with E-state index in [9.17, 15) is 9.90 Å². The zero-order valence-corrected chi connectivity index (χ0v) is 12.0. The molecule has 5 nitrogen and oxygen atoms in total. The van der Waals surface area contributed by atoms with Crippen LogP contribution in [0.3, 0.4) is 0 Å². The quantitative estimate of drug-likeness (QED) is 0.749. The maximum Gasteiger partial charge on any atom is 0.354 e. The van der Waals surface area contributed by atoms with E-state index in [1.807, 2.05) is 30.3 Å².